The van der Waals surface area contributed by atoms with Gasteiger partial charge in [-0.1, -0.05) is 54.6 Å². The number of hydrogen-bond acceptors (Lipinski definition) is 3. The van der Waals surface area contributed by atoms with Gasteiger partial charge in [-0.2, -0.15) is 0 Å². The molecular weight excluding hydrogens is 318 g/mol. The molecule has 0 fully saturated rings. The van der Waals surface area contributed by atoms with Gasteiger partial charge >= 0.3 is 12.1 Å². The van der Waals surface area contributed by atoms with Gasteiger partial charge in [-0.25, -0.2) is 9.59 Å². The monoisotopic (exact) mass is 339 g/mol. The van der Waals surface area contributed by atoms with E-state index in [2.05, 4.69) is 0 Å². The molecule has 2 aromatic rings. The molecule has 3 rings (SSSR count). The van der Waals surface area contributed by atoms with Gasteiger partial charge in [0.05, 0.1) is 13.2 Å². The Labute approximate surface area is 146 Å². The number of aryl methyl sites for hydroxylation is 1. The van der Waals surface area contributed by atoms with Crippen LogP contribution in [0.5, 0.6) is 0 Å². The zero-order valence-electron chi connectivity index (χ0n) is 13.9. The van der Waals surface area contributed by atoms with Crippen molar-refractivity contribution in [3.8, 4) is 0 Å². The predicted octanol–water partition coefficient (Wildman–Crippen LogP) is 3.27. The van der Waals surface area contributed by atoms with E-state index in [0.29, 0.717) is 12.8 Å². The highest BCUT2D eigenvalue weighted by atomic mass is 16.6. The lowest BCUT2D eigenvalue weighted by molar-refractivity contribution is -0.143. The molecule has 0 aromatic heterocycles. The highest BCUT2D eigenvalue weighted by molar-refractivity contribution is 5.81. The van der Waals surface area contributed by atoms with Crippen molar-refractivity contribution in [2.24, 2.45) is 0 Å². The van der Waals surface area contributed by atoms with E-state index in [-0.39, 0.29) is 13.2 Å². The fourth-order valence-corrected chi connectivity index (χ4v) is 3.10. The van der Waals surface area contributed by atoms with Gasteiger partial charge in [0, 0.05) is 6.42 Å². The third kappa shape index (κ3) is 4.18. The Kier molecular flexibility index (Phi) is 5.33. The SMILES string of the molecule is O=C(O)[C@@H]1Cc2ccccc2CN1C(=O)OCCCc1ccccc1. The molecule has 130 valence electrons. The second kappa shape index (κ2) is 7.83. The summed E-state index contributed by atoms with van der Waals surface area (Å²) in [5.74, 6) is -1.00. The molecule has 2 aromatic carbocycles. The average molecular weight is 339 g/mol. The van der Waals surface area contributed by atoms with Gasteiger partial charge in [-0.15, -0.1) is 0 Å². The fourth-order valence-electron chi connectivity index (χ4n) is 3.10. The van der Waals surface area contributed by atoms with E-state index in [0.717, 1.165) is 17.5 Å². The van der Waals surface area contributed by atoms with Crippen LogP contribution in [0.15, 0.2) is 54.6 Å². The molecule has 1 aliphatic heterocycles. The van der Waals surface area contributed by atoms with Crippen LogP contribution in [0.1, 0.15) is 23.1 Å². The van der Waals surface area contributed by atoms with Crippen molar-refractivity contribution in [3.63, 3.8) is 0 Å². The van der Waals surface area contributed by atoms with Gasteiger partial charge in [-0.05, 0) is 29.5 Å². The second-order valence-corrected chi connectivity index (χ2v) is 6.16. The van der Waals surface area contributed by atoms with Gasteiger partial charge in [0.15, 0.2) is 0 Å². The lowest BCUT2D eigenvalue weighted by Gasteiger charge is -2.33. The number of aliphatic carboxylic acids is 1. The van der Waals surface area contributed by atoms with Crippen LogP contribution >= 0.6 is 0 Å². The van der Waals surface area contributed by atoms with Crippen LogP contribution in [0.25, 0.3) is 0 Å². The topological polar surface area (TPSA) is 66.8 Å². The molecular formula is C20H21NO4. The number of carbonyl (C=O) groups excluding carboxylic acids is 1. The Morgan fingerprint density at radius 1 is 1.04 bits per heavy atom. The van der Waals surface area contributed by atoms with E-state index in [9.17, 15) is 14.7 Å². The summed E-state index contributed by atoms with van der Waals surface area (Å²) in [5.41, 5.74) is 3.14. The van der Waals surface area contributed by atoms with Gasteiger partial charge in [0.2, 0.25) is 0 Å². The quantitative estimate of drug-likeness (QED) is 0.849. The van der Waals surface area contributed by atoms with E-state index in [1.807, 2.05) is 54.6 Å². The summed E-state index contributed by atoms with van der Waals surface area (Å²) in [4.78, 5) is 25.2. The number of amides is 1. The summed E-state index contributed by atoms with van der Waals surface area (Å²) in [6.07, 6.45) is 1.27. The lowest BCUT2D eigenvalue weighted by Crippen LogP contribution is -2.48. The average Bonchev–Trinajstić information content (AvgIpc) is 2.64. The van der Waals surface area contributed by atoms with E-state index < -0.39 is 18.1 Å². The summed E-state index contributed by atoms with van der Waals surface area (Å²) in [6.45, 7) is 0.545. The van der Waals surface area contributed by atoms with Crippen molar-refractivity contribution >= 4 is 12.1 Å². The summed E-state index contributed by atoms with van der Waals surface area (Å²) < 4.78 is 5.32. The van der Waals surface area contributed by atoms with E-state index in [4.69, 9.17) is 4.74 Å². The first kappa shape index (κ1) is 17.0. The zero-order chi connectivity index (χ0) is 17.6. The van der Waals surface area contributed by atoms with Crippen molar-refractivity contribution < 1.29 is 19.4 Å². The highest BCUT2D eigenvalue weighted by Crippen LogP contribution is 2.24. The number of rotatable bonds is 5. The second-order valence-electron chi connectivity index (χ2n) is 6.16. The first-order valence-electron chi connectivity index (χ1n) is 8.42. The third-order valence-corrected chi connectivity index (χ3v) is 4.45. The van der Waals surface area contributed by atoms with Gasteiger partial charge in [0.25, 0.3) is 0 Å². The van der Waals surface area contributed by atoms with Crippen LogP contribution in [0.3, 0.4) is 0 Å². The largest absolute Gasteiger partial charge is 0.480 e. The van der Waals surface area contributed by atoms with Crippen LogP contribution in [-0.2, 0) is 28.9 Å². The first-order valence-corrected chi connectivity index (χ1v) is 8.42. The van der Waals surface area contributed by atoms with Gasteiger partial charge in [0.1, 0.15) is 6.04 Å². The van der Waals surface area contributed by atoms with E-state index >= 15 is 0 Å². The number of benzene rings is 2. The molecule has 1 N–H and O–H groups in total. The van der Waals surface area contributed by atoms with E-state index in [1.54, 1.807) is 0 Å². The molecule has 0 bridgehead atoms. The standard InChI is InChI=1S/C20H21NO4/c22-19(23)18-13-16-10-4-5-11-17(16)14-21(18)20(24)25-12-6-9-15-7-2-1-3-8-15/h1-5,7-8,10-11,18H,6,9,12-14H2,(H,22,23)/t18-/m0/s1. The van der Waals surface area contributed by atoms with Crippen molar-refractivity contribution in [1.82, 2.24) is 4.90 Å². The maximum Gasteiger partial charge on any atom is 0.410 e. The van der Waals surface area contributed by atoms with Crippen LogP contribution < -0.4 is 0 Å². The molecule has 0 radical (unpaired) electrons. The molecule has 5 heteroatoms. The normalized spacial score (nSPS) is 16.2. The minimum absolute atomic E-state index is 0.269. The maximum absolute atomic E-state index is 12.4. The fraction of sp³-hybridized carbons (Fsp3) is 0.300. The number of ether oxygens (including phenoxy) is 1. The molecule has 0 aliphatic carbocycles. The minimum atomic E-state index is -1.00. The summed E-state index contributed by atoms with van der Waals surface area (Å²) in [5, 5.41) is 9.45. The van der Waals surface area contributed by atoms with Crippen molar-refractivity contribution in [2.45, 2.75) is 31.8 Å². The Hall–Kier alpha value is -2.82. The summed E-state index contributed by atoms with van der Waals surface area (Å²) in [6, 6.07) is 16.7. The van der Waals surface area contributed by atoms with Crippen LogP contribution in [0, 0.1) is 0 Å². The lowest BCUT2D eigenvalue weighted by atomic mass is 9.94. The summed E-state index contributed by atoms with van der Waals surface area (Å²) >= 11 is 0. The Morgan fingerprint density at radius 3 is 2.44 bits per heavy atom. The Morgan fingerprint density at radius 2 is 1.72 bits per heavy atom. The van der Waals surface area contributed by atoms with Crippen LogP contribution in [-0.4, -0.2) is 34.7 Å². The van der Waals surface area contributed by atoms with Crippen molar-refractivity contribution in [1.29, 1.82) is 0 Å². The molecule has 5 nitrogen and oxygen atoms in total. The summed E-state index contributed by atoms with van der Waals surface area (Å²) in [7, 11) is 0. The zero-order valence-corrected chi connectivity index (χ0v) is 13.9. The number of hydrogen-bond donors (Lipinski definition) is 1. The molecule has 25 heavy (non-hydrogen) atoms. The Balaban J connectivity index is 1.57. The molecule has 0 saturated heterocycles. The van der Waals surface area contributed by atoms with Crippen molar-refractivity contribution in [3.05, 3.63) is 71.3 Å². The number of carboxylic acids is 1. The van der Waals surface area contributed by atoms with Gasteiger partial charge in [-0.3, -0.25) is 4.90 Å². The number of carboxylic acid groups (broad SMARTS) is 1. The minimum Gasteiger partial charge on any atom is -0.480 e. The molecule has 1 aliphatic rings. The number of nitrogens with zero attached hydrogens (tertiary/aromatic N) is 1. The molecule has 1 heterocycles. The van der Waals surface area contributed by atoms with Crippen LogP contribution in [0.2, 0.25) is 0 Å². The molecule has 0 saturated carbocycles. The number of fused-ring (bicyclic) bond motifs is 1. The van der Waals surface area contributed by atoms with Crippen molar-refractivity contribution in [2.75, 3.05) is 6.61 Å². The van der Waals surface area contributed by atoms with Gasteiger partial charge < -0.3 is 9.84 Å². The third-order valence-electron chi connectivity index (χ3n) is 4.45. The molecule has 0 unspecified atom stereocenters. The number of carbonyl (C=O) groups is 2. The highest BCUT2D eigenvalue weighted by Gasteiger charge is 2.35. The van der Waals surface area contributed by atoms with E-state index in [1.165, 1.54) is 10.5 Å². The Bertz CT molecular complexity index is 744. The smallest absolute Gasteiger partial charge is 0.410 e. The molecule has 1 atom stereocenters. The molecule has 0 spiro atoms. The predicted molar refractivity (Wildman–Crippen MR) is 93.2 cm³/mol. The molecule has 1 amide bonds. The van der Waals surface area contributed by atoms with Crippen LogP contribution in [0.4, 0.5) is 4.79 Å². The maximum atomic E-state index is 12.4. The first-order chi connectivity index (χ1) is 12.1.